The Labute approximate surface area is 104 Å². The molecule has 0 amide bonds. The predicted octanol–water partition coefficient (Wildman–Crippen LogP) is 2.80. The third kappa shape index (κ3) is 3.86. The number of hydrogen-bond acceptors (Lipinski definition) is 3. The highest BCUT2D eigenvalue weighted by atomic mass is 16.3. The zero-order valence-electron chi connectivity index (χ0n) is 11.0. The van der Waals surface area contributed by atoms with Gasteiger partial charge in [0.15, 0.2) is 0 Å². The zero-order chi connectivity index (χ0) is 12.1. The Morgan fingerprint density at radius 3 is 2.88 bits per heavy atom. The molecule has 0 aromatic carbocycles. The van der Waals surface area contributed by atoms with Gasteiger partial charge in [-0.05, 0) is 44.9 Å². The van der Waals surface area contributed by atoms with Crippen LogP contribution < -0.4 is 5.32 Å². The van der Waals surface area contributed by atoms with Crippen LogP contribution in [0.25, 0.3) is 0 Å². The van der Waals surface area contributed by atoms with Gasteiger partial charge in [-0.25, -0.2) is 0 Å². The monoisotopic (exact) mass is 236 g/mol. The van der Waals surface area contributed by atoms with E-state index in [0.717, 1.165) is 24.9 Å². The van der Waals surface area contributed by atoms with Crippen molar-refractivity contribution in [2.45, 2.75) is 45.2 Å². The van der Waals surface area contributed by atoms with Gasteiger partial charge >= 0.3 is 0 Å². The Balaban J connectivity index is 1.67. The Bertz CT molecular complexity index is 306. The van der Waals surface area contributed by atoms with Crippen LogP contribution in [0.5, 0.6) is 0 Å². The summed E-state index contributed by atoms with van der Waals surface area (Å²) in [5, 5.41) is 3.52. The SMILES string of the molecule is CCCN(CCNC(C)c1ccco1)C1CC1. The molecule has 1 N–H and O–H groups in total. The molecule has 1 aromatic heterocycles. The third-order valence-corrected chi connectivity index (χ3v) is 3.39. The number of hydrogen-bond donors (Lipinski definition) is 1. The molecule has 1 aliphatic carbocycles. The van der Waals surface area contributed by atoms with Crippen LogP contribution in [0, 0.1) is 0 Å². The summed E-state index contributed by atoms with van der Waals surface area (Å²) in [4.78, 5) is 2.61. The van der Waals surface area contributed by atoms with Gasteiger partial charge in [-0.15, -0.1) is 0 Å². The van der Waals surface area contributed by atoms with E-state index in [9.17, 15) is 0 Å². The quantitative estimate of drug-likeness (QED) is 0.752. The smallest absolute Gasteiger partial charge is 0.120 e. The van der Waals surface area contributed by atoms with Crippen molar-refractivity contribution in [1.82, 2.24) is 10.2 Å². The zero-order valence-corrected chi connectivity index (χ0v) is 11.0. The van der Waals surface area contributed by atoms with Crippen molar-refractivity contribution in [2.24, 2.45) is 0 Å². The van der Waals surface area contributed by atoms with Crippen molar-refractivity contribution >= 4 is 0 Å². The molecule has 0 saturated heterocycles. The molecule has 0 radical (unpaired) electrons. The Kier molecular flexibility index (Phi) is 4.63. The molecule has 17 heavy (non-hydrogen) atoms. The lowest BCUT2D eigenvalue weighted by molar-refractivity contribution is 0.258. The predicted molar refractivity (Wildman–Crippen MR) is 70.0 cm³/mol. The van der Waals surface area contributed by atoms with E-state index in [0.29, 0.717) is 6.04 Å². The second kappa shape index (κ2) is 6.22. The lowest BCUT2D eigenvalue weighted by atomic mass is 10.2. The first-order valence-corrected chi connectivity index (χ1v) is 6.82. The van der Waals surface area contributed by atoms with Crippen LogP contribution in [0.15, 0.2) is 22.8 Å². The summed E-state index contributed by atoms with van der Waals surface area (Å²) >= 11 is 0. The van der Waals surface area contributed by atoms with Crippen LogP contribution in [0.2, 0.25) is 0 Å². The first kappa shape index (κ1) is 12.7. The number of nitrogens with one attached hydrogen (secondary N) is 1. The molecule has 2 rings (SSSR count). The highest BCUT2D eigenvalue weighted by Gasteiger charge is 2.27. The molecule has 1 heterocycles. The summed E-state index contributed by atoms with van der Waals surface area (Å²) in [6.45, 7) is 7.85. The molecule has 1 saturated carbocycles. The van der Waals surface area contributed by atoms with E-state index in [-0.39, 0.29) is 0 Å². The van der Waals surface area contributed by atoms with Gasteiger partial charge in [-0.1, -0.05) is 6.92 Å². The van der Waals surface area contributed by atoms with Crippen LogP contribution in [-0.2, 0) is 0 Å². The van der Waals surface area contributed by atoms with Crippen LogP contribution in [0.1, 0.15) is 44.9 Å². The summed E-state index contributed by atoms with van der Waals surface area (Å²) in [7, 11) is 0. The minimum Gasteiger partial charge on any atom is -0.468 e. The van der Waals surface area contributed by atoms with Crippen LogP contribution >= 0.6 is 0 Å². The van der Waals surface area contributed by atoms with E-state index in [1.807, 2.05) is 12.1 Å². The maximum atomic E-state index is 5.38. The second-order valence-corrected chi connectivity index (χ2v) is 4.96. The largest absolute Gasteiger partial charge is 0.468 e. The summed E-state index contributed by atoms with van der Waals surface area (Å²) in [6, 6.07) is 5.16. The number of furan rings is 1. The van der Waals surface area contributed by atoms with Gasteiger partial charge in [0.05, 0.1) is 12.3 Å². The molecule has 0 aliphatic heterocycles. The summed E-state index contributed by atoms with van der Waals surface area (Å²) in [5.74, 6) is 1.03. The average Bonchev–Trinajstić information content (AvgIpc) is 3.02. The molecule has 3 heteroatoms. The Hall–Kier alpha value is -0.800. The second-order valence-electron chi connectivity index (χ2n) is 4.96. The fourth-order valence-corrected chi connectivity index (χ4v) is 2.27. The minimum atomic E-state index is 0.313. The van der Waals surface area contributed by atoms with Crippen molar-refractivity contribution in [2.75, 3.05) is 19.6 Å². The molecule has 1 fully saturated rings. The molecule has 0 spiro atoms. The maximum Gasteiger partial charge on any atom is 0.120 e. The van der Waals surface area contributed by atoms with E-state index in [1.54, 1.807) is 6.26 Å². The number of rotatable bonds is 8. The Morgan fingerprint density at radius 1 is 1.47 bits per heavy atom. The van der Waals surface area contributed by atoms with Gasteiger partial charge in [-0.3, -0.25) is 4.90 Å². The van der Waals surface area contributed by atoms with Crippen LogP contribution in [0.3, 0.4) is 0 Å². The first-order valence-electron chi connectivity index (χ1n) is 6.82. The Morgan fingerprint density at radius 2 is 2.29 bits per heavy atom. The highest BCUT2D eigenvalue weighted by Crippen LogP contribution is 2.26. The molecule has 3 nitrogen and oxygen atoms in total. The molecular weight excluding hydrogens is 212 g/mol. The van der Waals surface area contributed by atoms with Crippen molar-refractivity contribution < 1.29 is 4.42 Å². The van der Waals surface area contributed by atoms with Crippen molar-refractivity contribution in [3.05, 3.63) is 24.2 Å². The fraction of sp³-hybridized carbons (Fsp3) is 0.714. The summed E-state index contributed by atoms with van der Waals surface area (Å²) in [6.07, 6.45) is 5.78. The van der Waals surface area contributed by atoms with E-state index in [2.05, 4.69) is 24.1 Å². The topological polar surface area (TPSA) is 28.4 Å². The van der Waals surface area contributed by atoms with E-state index >= 15 is 0 Å². The van der Waals surface area contributed by atoms with Crippen molar-refractivity contribution in [3.8, 4) is 0 Å². The number of nitrogens with zero attached hydrogens (tertiary/aromatic N) is 1. The molecule has 1 unspecified atom stereocenters. The molecule has 0 bridgehead atoms. The standard InChI is InChI=1S/C14H24N2O/c1-3-9-16(13-6-7-13)10-8-15-12(2)14-5-4-11-17-14/h4-5,11-13,15H,3,6-10H2,1-2H3. The maximum absolute atomic E-state index is 5.38. The van der Waals surface area contributed by atoms with Crippen molar-refractivity contribution in [1.29, 1.82) is 0 Å². The molecule has 96 valence electrons. The molecular formula is C14H24N2O. The van der Waals surface area contributed by atoms with E-state index < -0.39 is 0 Å². The van der Waals surface area contributed by atoms with E-state index in [1.165, 1.54) is 25.8 Å². The molecule has 1 aromatic rings. The first-order chi connectivity index (χ1) is 8.31. The van der Waals surface area contributed by atoms with Gasteiger partial charge in [0, 0.05) is 19.1 Å². The van der Waals surface area contributed by atoms with Gasteiger partial charge in [-0.2, -0.15) is 0 Å². The normalized spacial score (nSPS) is 17.6. The van der Waals surface area contributed by atoms with Gasteiger partial charge in [0.2, 0.25) is 0 Å². The highest BCUT2D eigenvalue weighted by molar-refractivity contribution is 5.02. The van der Waals surface area contributed by atoms with Crippen LogP contribution in [-0.4, -0.2) is 30.6 Å². The lowest BCUT2D eigenvalue weighted by Gasteiger charge is -2.22. The van der Waals surface area contributed by atoms with Crippen LogP contribution in [0.4, 0.5) is 0 Å². The van der Waals surface area contributed by atoms with E-state index in [4.69, 9.17) is 4.42 Å². The van der Waals surface area contributed by atoms with Crippen molar-refractivity contribution in [3.63, 3.8) is 0 Å². The third-order valence-electron chi connectivity index (χ3n) is 3.39. The molecule has 1 atom stereocenters. The minimum absolute atomic E-state index is 0.313. The lowest BCUT2D eigenvalue weighted by Crippen LogP contribution is -2.35. The summed E-state index contributed by atoms with van der Waals surface area (Å²) < 4.78 is 5.38. The van der Waals surface area contributed by atoms with Gasteiger partial charge in [0.25, 0.3) is 0 Å². The fourth-order valence-electron chi connectivity index (χ4n) is 2.27. The van der Waals surface area contributed by atoms with Gasteiger partial charge in [0.1, 0.15) is 5.76 Å². The summed E-state index contributed by atoms with van der Waals surface area (Å²) in [5.41, 5.74) is 0. The molecule has 1 aliphatic rings. The average molecular weight is 236 g/mol. The van der Waals surface area contributed by atoms with Gasteiger partial charge < -0.3 is 9.73 Å².